The van der Waals surface area contributed by atoms with E-state index in [9.17, 15) is 14.7 Å². The van der Waals surface area contributed by atoms with Crippen molar-refractivity contribution in [2.75, 3.05) is 21.3 Å². The largest absolute Gasteiger partial charge is 0.504 e. The first kappa shape index (κ1) is 16.4. The van der Waals surface area contributed by atoms with Crippen LogP contribution in [-0.4, -0.2) is 38.4 Å². The third-order valence-electron chi connectivity index (χ3n) is 3.48. The molecule has 2 rings (SSSR count). The van der Waals surface area contributed by atoms with Crippen LogP contribution in [0, 0.1) is 0 Å². The van der Waals surface area contributed by atoms with Crippen LogP contribution in [0.25, 0.3) is 0 Å². The molecule has 1 aromatic carbocycles. The van der Waals surface area contributed by atoms with Gasteiger partial charge >= 0.3 is 11.9 Å². The second-order valence-electron chi connectivity index (χ2n) is 4.71. The van der Waals surface area contributed by atoms with Gasteiger partial charge in [-0.15, -0.1) is 0 Å². The average Bonchev–Trinajstić information content (AvgIpc) is 2.60. The molecule has 0 aromatic heterocycles. The molecule has 0 saturated heterocycles. The van der Waals surface area contributed by atoms with E-state index in [1.807, 2.05) is 0 Å². The number of benzene rings is 1. The number of dihydropyridines is 1. The molecule has 0 unspecified atom stereocenters. The molecule has 1 heterocycles. The Morgan fingerprint density at radius 3 is 2.09 bits per heavy atom. The summed E-state index contributed by atoms with van der Waals surface area (Å²) >= 11 is 0. The van der Waals surface area contributed by atoms with Crippen LogP contribution in [0.4, 0.5) is 0 Å². The smallest absolute Gasteiger partial charge is 0.336 e. The first-order chi connectivity index (χ1) is 11.0. The molecule has 7 heteroatoms. The van der Waals surface area contributed by atoms with E-state index in [0.717, 1.165) is 0 Å². The zero-order valence-electron chi connectivity index (χ0n) is 13.0. The monoisotopic (exact) mass is 319 g/mol. The van der Waals surface area contributed by atoms with E-state index >= 15 is 0 Å². The van der Waals surface area contributed by atoms with Gasteiger partial charge in [-0.05, 0) is 17.7 Å². The molecule has 122 valence electrons. The van der Waals surface area contributed by atoms with Crippen LogP contribution in [-0.2, 0) is 19.1 Å². The van der Waals surface area contributed by atoms with E-state index < -0.39 is 17.9 Å². The first-order valence-corrected chi connectivity index (χ1v) is 6.73. The number of carbonyl (C=O) groups is 2. The van der Waals surface area contributed by atoms with Crippen molar-refractivity contribution < 1.29 is 28.9 Å². The van der Waals surface area contributed by atoms with Crippen LogP contribution in [0.2, 0.25) is 0 Å². The van der Waals surface area contributed by atoms with Crippen molar-refractivity contribution in [1.82, 2.24) is 5.32 Å². The van der Waals surface area contributed by atoms with Gasteiger partial charge in [0.15, 0.2) is 11.5 Å². The van der Waals surface area contributed by atoms with Crippen molar-refractivity contribution in [1.29, 1.82) is 0 Å². The van der Waals surface area contributed by atoms with Crippen LogP contribution in [0.3, 0.4) is 0 Å². The SMILES string of the molecule is COC(=O)C1=CNC=C(C(=O)OC)C1c1ccc(O)c(OC)c1. The van der Waals surface area contributed by atoms with Crippen molar-refractivity contribution in [3.63, 3.8) is 0 Å². The third-order valence-corrected chi connectivity index (χ3v) is 3.48. The van der Waals surface area contributed by atoms with E-state index in [1.165, 1.54) is 39.8 Å². The number of phenols is 1. The summed E-state index contributed by atoms with van der Waals surface area (Å²) in [6.07, 6.45) is 2.92. The molecule has 0 spiro atoms. The normalized spacial score (nSPS) is 14.2. The fourth-order valence-corrected chi connectivity index (χ4v) is 2.38. The lowest BCUT2D eigenvalue weighted by atomic mass is 9.83. The maximum Gasteiger partial charge on any atom is 0.336 e. The van der Waals surface area contributed by atoms with Crippen LogP contribution < -0.4 is 10.1 Å². The van der Waals surface area contributed by atoms with E-state index in [2.05, 4.69) is 5.32 Å². The summed E-state index contributed by atoms with van der Waals surface area (Å²) in [7, 11) is 3.93. The Hall–Kier alpha value is -2.96. The van der Waals surface area contributed by atoms with Crippen molar-refractivity contribution >= 4 is 11.9 Å². The predicted molar refractivity (Wildman–Crippen MR) is 80.7 cm³/mol. The van der Waals surface area contributed by atoms with Crippen LogP contribution in [0.15, 0.2) is 41.7 Å². The summed E-state index contributed by atoms with van der Waals surface area (Å²) in [6.45, 7) is 0. The van der Waals surface area contributed by atoms with Crippen molar-refractivity contribution in [2.45, 2.75) is 5.92 Å². The summed E-state index contributed by atoms with van der Waals surface area (Å²) < 4.78 is 14.6. The minimum atomic E-state index is -0.703. The molecular weight excluding hydrogens is 302 g/mol. The van der Waals surface area contributed by atoms with Crippen LogP contribution in [0.1, 0.15) is 11.5 Å². The fourth-order valence-electron chi connectivity index (χ4n) is 2.38. The quantitative estimate of drug-likeness (QED) is 0.805. The number of nitrogens with one attached hydrogen (secondary N) is 1. The molecule has 0 fully saturated rings. The highest BCUT2D eigenvalue weighted by molar-refractivity contribution is 5.98. The number of aromatic hydroxyl groups is 1. The van der Waals surface area contributed by atoms with Crippen LogP contribution >= 0.6 is 0 Å². The van der Waals surface area contributed by atoms with Gasteiger partial charge in [0.25, 0.3) is 0 Å². The highest BCUT2D eigenvalue weighted by Crippen LogP contribution is 2.38. The number of rotatable bonds is 4. The number of hydrogen-bond donors (Lipinski definition) is 2. The zero-order valence-corrected chi connectivity index (χ0v) is 13.0. The lowest BCUT2D eigenvalue weighted by Gasteiger charge is -2.24. The Bertz CT molecular complexity index is 660. The Kier molecular flexibility index (Phi) is 4.90. The number of hydrogen-bond acceptors (Lipinski definition) is 7. The predicted octanol–water partition coefficient (Wildman–Crippen LogP) is 1.20. The van der Waals surface area contributed by atoms with Gasteiger partial charge < -0.3 is 24.6 Å². The maximum atomic E-state index is 12.0. The van der Waals surface area contributed by atoms with Gasteiger partial charge in [-0.1, -0.05) is 6.07 Å². The molecule has 0 amide bonds. The Labute approximate surface area is 133 Å². The number of esters is 2. The van der Waals surface area contributed by atoms with Crippen LogP contribution in [0.5, 0.6) is 11.5 Å². The molecule has 1 aliphatic rings. The van der Waals surface area contributed by atoms with E-state index in [-0.39, 0.29) is 22.6 Å². The van der Waals surface area contributed by atoms with Gasteiger partial charge in [-0.2, -0.15) is 0 Å². The summed E-state index contributed by atoms with van der Waals surface area (Å²) in [6, 6.07) is 4.58. The van der Waals surface area contributed by atoms with Gasteiger partial charge in [0.2, 0.25) is 0 Å². The van der Waals surface area contributed by atoms with Crippen molar-refractivity contribution in [3.8, 4) is 11.5 Å². The highest BCUT2D eigenvalue weighted by Gasteiger charge is 2.33. The molecule has 0 aliphatic carbocycles. The minimum absolute atomic E-state index is 0.0441. The Morgan fingerprint density at radius 1 is 1.04 bits per heavy atom. The third kappa shape index (κ3) is 3.13. The second kappa shape index (κ2) is 6.87. The zero-order chi connectivity index (χ0) is 17.0. The van der Waals surface area contributed by atoms with Crippen molar-refractivity contribution in [2.24, 2.45) is 0 Å². The maximum absolute atomic E-state index is 12.0. The first-order valence-electron chi connectivity index (χ1n) is 6.73. The number of methoxy groups -OCH3 is 3. The van der Waals surface area contributed by atoms with E-state index in [4.69, 9.17) is 14.2 Å². The number of carbonyl (C=O) groups excluding carboxylic acids is 2. The lowest BCUT2D eigenvalue weighted by Crippen LogP contribution is -2.26. The molecule has 0 atom stereocenters. The standard InChI is InChI=1S/C16H17NO6/c1-21-13-6-9(4-5-12(13)18)14-10(15(19)22-2)7-17-8-11(14)16(20)23-3/h4-8,14,17-18H,1-3H3. The Morgan fingerprint density at radius 2 is 1.61 bits per heavy atom. The van der Waals surface area contributed by atoms with Gasteiger partial charge in [-0.25, -0.2) is 9.59 Å². The van der Waals surface area contributed by atoms with E-state index in [1.54, 1.807) is 12.1 Å². The molecule has 0 radical (unpaired) electrons. The highest BCUT2D eigenvalue weighted by atomic mass is 16.5. The number of ether oxygens (including phenoxy) is 3. The second-order valence-corrected chi connectivity index (χ2v) is 4.71. The molecule has 7 nitrogen and oxygen atoms in total. The summed E-state index contributed by atoms with van der Waals surface area (Å²) in [5, 5.41) is 12.5. The summed E-state index contributed by atoms with van der Waals surface area (Å²) in [4.78, 5) is 24.1. The average molecular weight is 319 g/mol. The van der Waals surface area contributed by atoms with E-state index in [0.29, 0.717) is 5.56 Å². The topological polar surface area (TPSA) is 94.1 Å². The van der Waals surface area contributed by atoms with Crippen molar-refractivity contribution in [3.05, 3.63) is 47.3 Å². The summed E-state index contributed by atoms with van der Waals surface area (Å²) in [5.41, 5.74) is 1.06. The number of phenolic OH excluding ortho intramolecular Hbond substituents is 1. The van der Waals surface area contributed by atoms with Gasteiger partial charge in [0.05, 0.1) is 38.4 Å². The molecule has 0 bridgehead atoms. The van der Waals surface area contributed by atoms with Gasteiger partial charge in [0, 0.05) is 12.4 Å². The molecule has 23 heavy (non-hydrogen) atoms. The summed E-state index contributed by atoms with van der Waals surface area (Å²) in [5.74, 6) is -1.68. The Balaban J connectivity index is 2.55. The van der Waals surface area contributed by atoms with Gasteiger partial charge in [-0.3, -0.25) is 0 Å². The molecule has 1 aliphatic heterocycles. The molecule has 0 saturated carbocycles. The van der Waals surface area contributed by atoms with Gasteiger partial charge in [0.1, 0.15) is 0 Å². The lowest BCUT2D eigenvalue weighted by molar-refractivity contribution is -0.137. The molecule has 1 aromatic rings. The molecule has 2 N–H and O–H groups in total. The minimum Gasteiger partial charge on any atom is -0.504 e. The molecular formula is C16H17NO6. The fraction of sp³-hybridized carbons (Fsp3) is 0.250.